The molecule has 0 aliphatic carbocycles. The van der Waals surface area contributed by atoms with E-state index in [0.29, 0.717) is 25.3 Å². The fourth-order valence-corrected chi connectivity index (χ4v) is 1.81. The van der Waals surface area contributed by atoms with Crippen molar-refractivity contribution >= 4 is 23.4 Å². The summed E-state index contributed by atoms with van der Waals surface area (Å²) in [6.45, 7) is 3.90. The molecule has 1 heterocycles. The normalized spacial score (nSPS) is 14.2. The lowest BCUT2D eigenvalue weighted by Gasteiger charge is -2.17. The van der Waals surface area contributed by atoms with Crippen molar-refractivity contribution < 1.29 is 9.59 Å². The van der Waals surface area contributed by atoms with Crippen molar-refractivity contribution in [3.63, 3.8) is 0 Å². The highest BCUT2D eigenvalue weighted by atomic mass is 16.2. The highest BCUT2D eigenvalue weighted by molar-refractivity contribution is 5.94. The van der Waals surface area contributed by atoms with Gasteiger partial charge in [-0.3, -0.25) is 4.90 Å². The summed E-state index contributed by atoms with van der Waals surface area (Å²) in [6, 6.07) is 7.01. The van der Waals surface area contributed by atoms with Gasteiger partial charge in [0, 0.05) is 38.1 Å². The number of benzene rings is 1. The molecule has 6 heteroatoms. The smallest absolute Gasteiger partial charge is 0.321 e. The van der Waals surface area contributed by atoms with Crippen molar-refractivity contribution in [3.05, 3.63) is 24.3 Å². The summed E-state index contributed by atoms with van der Waals surface area (Å²) in [5, 5.41) is 5.54. The standard InChI is InChI=1S/C13H18N4O2/c1-3-16(2)13(19)15-10-4-6-11(7-5-10)17-9-8-14-12(17)18/h4-7H,3,8-9H2,1-2H3,(H,14,18)(H,15,19). The molecule has 2 rings (SSSR count). The molecule has 0 bridgehead atoms. The van der Waals surface area contributed by atoms with Crippen LogP contribution in [0.5, 0.6) is 0 Å². The molecule has 19 heavy (non-hydrogen) atoms. The second kappa shape index (κ2) is 5.60. The average molecular weight is 262 g/mol. The van der Waals surface area contributed by atoms with Gasteiger partial charge < -0.3 is 15.5 Å². The first-order valence-corrected chi connectivity index (χ1v) is 6.29. The second-order valence-electron chi connectivity index (χ2n) is 4.37. The van der Waals surface area contributed by atoms with E-state index < -0.39 is 0 Å². The van der Waals surface area contributed by atoms with Crippen molar-refractivity contribution in [1.29, 1.82) is 0 Å². The van der Waals surface area contributed by atoms with Crippen LogP contribution in [0.25, 0.3) is 0 Å². The summed E-state index contributed by atoms with van der Waals surface area (Å²) in [5.41, 5.74) is 1.55. The molecule has 1 aliphatic heterocycles. The number of hydrogen-bond donors (Lipinski definition) is 2. The van der Waals surface area contributed by atoms with Crippen molar-refractivity contribution in [2.45, 2.75) is 6.92 Å². The molecule has 0 aromatic heterocycles. The van der Waals surface area contributed by atoms with Crippen LogP contribution in [0.2, 0.25) is 0 Å². The van der Waals surface area contributed by atoms with E-state index in [9.17, 15) is 9.59 Å². The van der Waals surface area contributed by atoms with Gasteiger partial charge >= 0.3 is 12.1 Å². The van der Waals surface area contributed by atoms with Crippen molar-refractivity contribution in [1.82, 2.24) is 10.2 Å². The monoisotopic (exact) mass is 262 g/mol. The number of nitrogens with zero attached hydrogens (tertiary/aromatic N) is 2. The van der Waals surface area contributed by atoms with Gasteiger partial charge in [0.05, 0.1) is 0 Å². The molecule has 0 unspecified atom stereocenters. The van der Waals surface area contributed by atoms with Gasteiger partial charge in [-0.15, -0.1) is 0 Å². The third-order valence-corrected chi connectivity index (χ3v) is 3.11. The first-order valence-electron chi connectivity index (χ1n) is 6.29. The minimum Gasteiger partial charge on any atom is -0.336 e. The Morgan fingerprint density at radius 1 is 1.42 bits per heavy atom. The Labute approximate surface area is 112 Å². The molecule has 4 amide bonds. The van der Waals surface area contributed by atoms with Gasteiger partial charge in [-0.05, 0) is 31.2 Å². The van der Waals surface area contributed by atoms with Crippen LogP contribution in [-0.4, -0.2) is 43.6 Å². The zero-order chi connectivity index (χ0) is 13.8. The van der Waals surface area contributed by atoms with Gasteiger partial charge in [-0.25, -0.2) is 9.59 Å². The minimum atomic E-state index is -0.144. The largest absolute Gasteiger partial charge is 0.336 e. The van der Waals surface area contributed by atoms with E-state index in [1.54, 1.807) is 29.0 Å². The predicted molar refractivity (Wildman–Crippen MR) is 74.5 cm³/mol. The number of rotatable bonds is 3. The Balaban J connectivity index is 2.02. The van der Waals surface area contributed by atoms with Crippen molar-refractivity contribution in [3.8, 4) is 0 Å². The fourth-order valence-electron chi connectivity index (χ4n) is 1.81. The van der Waals surface area contributed by atoms with Gasteiger partial charge in [0.25, 0.3) is 0 Å². The Morgan fingerprint density at radius 2 is 2.11 bits per heavy atom. The summed E-state index contributed by atoms with van der Waals surface area (Å²) in [7, 11) is 1.73. The molecular formula is C13H18N4O2. The molecule has 1 saturated heterocycles. The van der Waals surface area contributed by atoms with E-state index in [-0.39, 0.29) is 12.1 Å². The lowest BCUT2D eigenvalue weighted by atomic mass is 10.2. The lowest BCUT2D eigenvalue weighted by Crippen LogP contribution is -2.31. The highest BCUT2D eigenvalue weighted by Gasteiger charge is 2.20. The van der Waals surface area contributed by atoms with E-state index in [1.807, 2.05) is 19.1 Å². The number of carbonyl (C=O) groups excluding carboxylic acids is 2. The van der Waals surface area contributed by atoms with Crippen LogP contribution in [-0.2, 0) is 0 Å². The van der Waals surface area contributed by atoms with E-state index >= 15 is 0 Å². The van der Waals surface area contributed by atoms with Crippen LogP contribution in [0.3, 0.4) is 0 Å². The Morgan fingerprint density at radius 3 is 2.63 bits per heavy atom. The summed E-state index contributed by atoms with van der Waals surface area (Å²) < 4.78 is 0. The molecule has 1 aromatic rings. The summed E-state index contributed by atoms with van der Waals surface area (Å²) >= 11 is 0. The van der Waals surface area contributed by atoms with E-state index in [0.717, 1.165) is 5.69 Å². The minimum absolute atomic E-state index is 0.0810. The van der Waals surface area contributed by atoms with Crippen LogP contribution in [0.4, 0.5) is 21.0 Å². The number of anilines is 2. The topological polar surface area (TPSA) is 64.7 Å². The zero-order valence-corrected chi connectivity index (χ0v) is 11.1. The molecule has 1 fully saturated rings. The van der Waals surface area contributed by atoms with Gasteiger partial charge in [0.1, 0.15) is 0 Å². The molecule has 102 valence electrons. The van der Waals surface area contributed by atoms with Gasteiger partial charge in [0.2, 0.25) is 0 Å². The van der Waals surface area contributed by atoms with E-state index in [1.165, 1.54) is 0 Å². The van der Waals surface area contributed by atoms with Gasteiger partial charge in [-0.1, -0.05) is 0 Å². The first kappa shape index (κ1) is 13.2. The zero-order valence-electron chi connectivity index (χ0n) is 11.1. The SMILES string of the molecule is CCN(C)C(=O)Nc1ccc(N2CCNC2=O)cc1. The summed E-state index contributed by atoms with van der Waals surface area (Å²) in [5.74, 6) is 0. The number of hydrogen-bond acceptors (Lipinski definition) is 2. The van der Waals surface area contributed by atoms with Crippen LogP contribution in [0, 0.1) is 0 Å². The molecule has 0 saturated carbocycles. The predicted octanol–water partition coefficient (Wildman–Crippen LogP) is 1.70. The summed E-state index contributed by atoms with van der Waals surface area (Å²) in [6.07, 6.45) is 0. The first-order chi connectivity index (χ1) is 9.11. The average Bonchev–Trinajstić information content (AvgIpc) is 2.85. The maximum absolute atomic E-state index is 11.7. The third kappa shape index (κ3) is 2.96. The van der Waals surface area contributed by atoms with E-state index in [2.05, 4.69) is 10.6 Å². The number of urea groups is 2. The molecule has 1 aliphatic rings. The van der Waals surface area contributed by atoms with Crippen LogP contribution in [0.1, 0.15) is 6.92 Å². The van der Waals surface area contributed by atoms with Crippen LogP contribution < -0.4 is 15.5 Å². The lowest BCUT2D eigenvalue weighted by molar-refractivity contribution is 0.224. The Kier molecular flexibility index (Phi) is 3.89. The van der Waals surface area contributed by atoms with E-state index in [4.69, 9.17) is 0 Å². The quantitative estimate of drug-likeness (QED) is 0.870. The van der Waals surface area contributed by atoms with Gasteiger partial charge in [0.15, 0.2) is 0 Å². The number of nitrogens with one attached hydrogen (secondary N) is 2. The molecule has 2 N–H and O–H groups in total. The molecule has 1 aromatic carbocycles. The highest BCUT2D eigenvalue weighted by Crippen LogP contribution is 2.19. The van der Waals surface area contributed by atoms with Crippen molar-refractivity contribution in [2.24, 2.45) is 0 Å². The Bertz CT molecular complexity index is 472. The summed E-state index contributed by atoms with van der Waals surface area (Å²) in [4.78, 5) is 26.4. The molecule has 0 spiro atoms. The number of amides is 4. The maximum Gasteiger partial charge on any atom is 0.321 e. The van der Waals surface area contributed by atoms with Gasteiger partial charge in [-0.2, -0.15) is 0 Å². The van der Waals surface area contributed by atoms with Crippen molar-refractivity contribution in [2.75, 3.05) is 36.9 Å². The molecular weight excluding hydrogens is 244 g/mol. The maximum atomic E-state index is 11.7. The number of carbonyl (C=O) groups is 2. The fraction of sp³-hybridized carbons (Fsp3) is 0.385. The van der Waals surface area contributed by atoms with Crippen LogP contribution in [0.15, 0.2) is 24.3 Å². The molecule has 0 radical (unpaired) electrons. The molecule has 6 nitrogen and oxygen atoms in total. The van der Waals surface area contributed by atoms with Crippen LogP contribution >= 0.6 is 0 Å². The Hall–Kier alpha value is -2.24. The third-order valence-electron chi connectivity index (χ3n) is 3.11. The molecule has 0 atom stereocenters. The second-order valence-corrected chi connectivity index (χ2v) is 4.37.